The van der Waals surface area contributed by atoms with Gasteiger partial charge in [-0.3, -0.25) is 0 Å². The quantitative estimate of drug-likeness (QED) is 0.130. The maximum atomic E-state index is 12.1. The molecule has 0 atom stereocenters. The first-order valence-electron chi connectivity index (χ1n) is 11.3. The van der Waals surface area contributed by atoms with Crippen molar-refractivity contribution in [3.05, 3.63) is 104 Å². The van der Waals surface area contributed by atoms with Crippen LogP contribution < -0.4 is 14.2 Å². The van der Waals surface area contributed by atoms with Crippen LogP contribution in [0.5, 0.6) is 17.2 Å². The van der Waals surface area contributed by atoms with E-state index in [1.165, 1.54) is 26.2 Å². The predicted molar refractivity (Wildman–Crippen MR) is 141 cm³/mol. The first-order valence-corrected chi connectivity index (χ1v) is 11.3. The number of hydrogen-bond donors (Lipinski definition) is 0. The van der Waals surface area contributed by atoms with Gasteiger partial charge in [0, 0.05) is 33.9 Å². The number of furan rings is 1. The van der Waals surface area contributed by atoms with Crippen LogP contribution in [0.4, 0.5) is 0 Å². The van der Waals surface area contributed by atoms with E-state index in [1.807, 2.05) is 0 Å². The van der Waals surface area contributed by atoms with Crippen molar-refractivity contribution in [1.29, 1.82) is 0 Å². The highest BCUT2D eigenvalue weighted by Gasteiger charge is 2.15. The van der Waals surface area contributed by atoms with E-state index in [9.17, 15) is 14.4 Å². The highest BCUT2D eigenvalue weighted by atomic mass is 16.6. The van der Waals surface area contributed by atoms with E-state index in [-0.39, 0.29) is 28.2 Å². The van der Waals surface area contributed by atoms with Crippen LogP contribution >= 0.6 is 0 Å². The zero-order chi connectivity index (χ0) is 27.8. The molecule has 194 valence electrons. The Bertz CT molecular complexity index is 1390. The molecular formula is C30H26O8. The van der Waals surface area contributed by atoms with Crippen LogP contribution in [-0.4, -0.2) is 17.9 Å². The third-order valence-corrected chi connectivity index (χ3v) is 4.81. The maximum absolute atomic E-state index is 12.1. The fourth-order valence-electron chi connectivity index (χ4n) is 2.86. The molecule has 0 bridgehead atoms. The van der Waals surface area contributed by atoms with Crippen molar-refractivity contribution in [2.75, 3.05) is 0 Å². The van der Waals surface area contributed by atoms with Gasteiger partial charge in [-0.1, -0.05) is 19.7 Å². The molecule has 0 saturated carbocycles. The minimum absolute atomic E-state index is 0.154. The molecule has 0 unspecified atom stereocenters. The van der Waals surface area contributed by atoms with Crippen molar-refractivity contribution >= 4 is 17.9 Å². The van der Waals surface area contributed by atoms with E-state index in [0.717, 1.165) is 11.8 Å². The van der Waals surface area contributed by atoms with Crippen molar-refractivity contribution in [3.63, 3.8) is 0 Å². The fraction of sp³-hybridized carbons (Fsp3) is 0.100. The molecule has 0 aliphatic rings. The van der Waals surface area contributed by atoms with Gasteiger partial charge in [0.25, 0.3) is 0 Å². The van der Waals surface area contributed by atoms with Gasteiger partial charge < -0.3 is 23.4 Å². The van der Waals surface area contributed by atoms with Gasteiger partial charge in [0.15, 0.2) is 0 Å². The summed E-state index contributed by atoms with van der Waals surface area (Å²) in [7, 11) is 0. The molecule has 0 fully saturated rings. The minimum atomic E-state index is -0.620. The van der Waals surface area contributed by atoms with Crippen molar-refractivity contribution in [2.24, 2.45) is 0 Å². The Labute approximate surface area is 220 Å². The van der Waals surface area contributed by atoms with E-state index in [2.05, 4.69) is 19.7 Å². The van der Waals surface area contributed by atoms with Gasteiger partial charge in [0.05, 0.1) is 0 Å². The Morgan fingerprint density at radius 2 is 1.13 bits per heavy atom. The number of ether oxygens (including phenoxy) is 4. The molecule has 3 aromatic rings. The molecule has 1 heterocycles. The van der Waals surface area contributed by atoms with Gasteiger partial charge in [-0.25, -0.2) is 14.4 Å². The molecule has 0 spiro atoms. The second-order valence-electron chi connectivity index (χ2n) is 8.30. The molecule has 38 heavy (non-hydrogen) atoms. The van der Waals surface area contributed by atoms with Crippen LogP contribution in [0.1, 0.15) is 20.8 Å². The average Bonchev–Trinajstić information content (AvgIpc) is 3.37. The number of rotatable bonds is 10. The Balaban J connectivity index is 1.80. The predicted octanol–water partition coefficient (Wildman–Crippen LogP) is 6.55. The van der Waals surface area contributed by atoms with Crippen LogP contribution in [0.15, 0.2) is 108 Å². The SMILES string of the molecule is C=C(C)C(=O)OC=COc1ccc(-c2ccc(-c3cc(OC(=O)C(=C)C)cc(OC(=O)C(=C)C)c3)o2)cc1. The van der Waals surface area contributed by atoms with Crippen molar-refractivity contribution in [3.8, 4) is 39.9 Å². The monoisotopic (exact) mass is 514 g/mol. The van der Waals surface area contributed by atoms with Crippen LogP contribution in [0.3, 0.4) is 0 Å². The lowest BCUT2D eigenvalue weighted by molar-refractivity contribution is -0.134. The molecule has 0 aliphatic carbocycles. The summed E-state index contributed by atoms with van der Waals surface area (Å²) in [5, 5.41) is 0. The van der Waals surface area contributed by atoms with Crippen molar-refractivity contribution < 1.29 is 37.7 Å². The number of hydrogen-bond acceptors (Lipinski definition) is 8. The lowest BCUT2D eigenvalue weighted by Crippen LogP contribution is -2.10. The third-order valence-electron chi connectivity index (χ3n) is 4.81. The topological polar surface area (TPSA) is 101 Å². The van der Waals surface area contributed by atoms with E-state index in [0.29, 0.717) is 22.8 Å². The summed E-state index contributed by atoms with van der Waals surface area (Å²) in [6, 6.07) is 15.1. The van der Waals surface area contributed by atoms with Crippen LogP contribution in [0.2, 0.25) is 0 Å². The Kier molecular flexibility index (Phi) is 8.84. The summed E-state index contributed by atoms with van der Waals surface area (Å²) in [6.07, 6.45) is 2.38. The number of esters is 3. The lowest BCUT2D eigenvalue weighted by atomic mass is 10.1. The summed E-state index contributed by atoms with van der Waals surface area (Å²) in [6.45, 7) is 15.2. The molecule has 8 heteroatoms. The number of carbonyl (C=O) groups is 3. The van der Waals surface area contributed by atoms with Gasteiger partial charge in [-0.15, -0.1) is 0 Å². The van der Waals surface area contributed by atoms with E-state index in [4.69, 9.17) is 23.4 Å². The lowest BCUT2D eigenvalue weighted by Gasteiger charge is -2.10. The Morgan fingerprint density at radius 3 is 1.63 bits per heavy atom. The van der Waals surface area contributed by atoms with Gasteiger partial charge in [0.2, 0.25) is 0 Å². The third kappa shape index (κ3) is 7.44. The average molecular weight is 515 g/mol. The summed E-state index contributed by atoms with van der Waals surface area (Å²) in [5.41, 5.74) is 1.99. The maximum Gasteiger partial charge on any atom is 0.338 e. The number of benzene rings is 2. The second-order valence-corrected chi connectivity index (χ2v) is 8.30. The fourth-order valence-corrected chi connectivity index (χ4v) is 2.86. The molecule has 8 nitrogen and oxygen atoms in total. The molecule has 0 radical (unpaired) electrons. The van der Waals surface area contributed by atoms with E-state index < -0.39 is 17.9 Å². The van der Waals surface area contributed by atoms with E-state index >= 15 is 0 Å². The standard InChI is InChI=1S/C30H26O8/c1-18(2)28(31)35-14-13-34-23-9-7-21(8-10-23)26-11-12-27(38-26)22-15-24(36-29(32)19(3)4)17-25(16-22)37-30(33)20(5)6/h7-17H,1,3,5H2,2,4,6H3. The second kappa shape index (κ2) is 12.2. The summed E-state index contributed by atoms with van der Waals surface area (Å²) < 4.78 is 26.9. The Morgan fingerprint density at radius 1 is 0.632 bits per heavy atom. The molecule has 0 N–H and O–H groups in total. The zero-order valence-electron chi connectivity index (χ0n) is 21.2. The molecule has 1 aromatic heterocycles. The molecule has 0 amide bonds. The molecule has 0 saturated heterocycles. The minimum Gasteiger partial charge on any atom is -0.462 e. The zero-order valence-corrected chi connectivity index (χ0v) is 21.2. The number of carbonyl (C=O) groups excluding carboxylic acids is 3. The van der Waals surface area contributed by atoms with E-state index in [1.54, 1.807) is 55.5 Å². The summed E-state index contributed by atoms with van der Waals surface area (Å²) in [5.74, 6) is 0.0402. The Hall–Kier alpha value is -5.11. The smallest absolute Gasteiger partial charge is 0.338 e. The first kappa shape index (κ1) is 27.5. The highest BCUT2D eigenvalue weighted by molar-refractivity contribution is 5.90. The summed E-state index contributed by atoms with van der Waals surface area (Å²) >= 11 is 0. The first-order chi connectivity index (χ1) is 18.0. The van der Waals surface area contributed by atoms with Gasteiger partial charge in [0.1, 0.15) is 41.3 Å². The molecule has 3 rings (SSSR count). The largest absolute Gasteiger partial charge is 0.462 e. The highest BCUT2D eigenvalue weighted by Crippen LogP contribution is 2.34. The molecular weight excluding hydrogens is 488 g/mol. The van der Waals surface area contributed by atoms with Crippen LogP contribution in [0.25, 0.3) is 22.6 Å². The van der Waals surface area contributed by atoms with Crippen molar-refractivity contribution in [1.82, 2.24) is 0 Å². The molecule has 0 aliphatic heterocycles. The van der Waals surface area contributed by atoms with Crippen molar-refractivity contribution in [2.45, 2.75) is 20.8 Å². The molecule has 2 aromatic carbocycles. The summed E-state index contributed by atoms with van der Waals surface area (Å²) in [4.78, 5) is 35.5. The van der Waals surface area contributed by atoms with Gasteiger partial charge in [-0.2, -0.15) is 0 Å². The normalized spacial score (nSPS) is 10.5. The van der Waals surface area contributed by atoms with Gasteiger partial charge in [-0.05, 0) is 69.3 Å². The van der Waals surface area contributed by atoms with Crippen LogP contribution in [0, 0.1) is 0 Å². The van der Waals surface area contributed by atoms with Gasteiger partial charge >= 0.3 is 17.9 Å². The van der Waals surface area contributed by atoms with Crippen LogP contribution in [-0.2, 0) is 19.1 Å².